The Hall–Kier alpha value is -1.80. The molecule has 0 saturated carbocycles. The molecule has 0 spiro atoms. The number of nitrogens with zero attached hydrogens (tertiary/aromatic N) is 3. The Morgan fingerprint density at radius 3 is 2.72 bits per heavy atom. The Morgan fingerprint density at radius 1 is 1.39 bits per heavy atom. The first-order chi connectivity index (χ1) is 8.50. The van der Waals surface area contributed by atoms with E-state index < -0.39 is 10.0 Å². The van der Waals surface area contributed by atoms with Crippen LogP contribution in [0.2, 0.25) is 0 Å². The zero-order valence-electron chi connectivity index (χ0n) is 9.70. The van der Waals surface area contributed by atoms with Crippen molar-refractivity contribution in [2.45, 2.75) is 24.8 Å². The van der Waals surface area contributed by atoms with Gasteiger partial charge in [-0.05, 0) is 18.6 Å². The first kappa shape index (κ1) is 12.7. The number of aryl methyl sites for hydroxylation is 1. The van der Waals surface area contributed by atoms with Crippen LogP contribution in [0.4, 0.5) is 0 Å². The molecule has 0 unspecified atom stereocenters. The highest BCUT2D eigenvalue weighted by molar-refractivity contribution is 7.89. The lowest BCUT2D eigenvalue weighted by molar-refractivity contribution is 0.378. The summed E-state index contributed by atoms with van der Waals surface area (Å²) in [7, 11) is -3.78. The molecule has 2 aromatic heterocycles. The fourth-order valence-corrected chi connectivity index (χ4v) is 1.83. The van der Waals surface area contributed by atoms with Crippen molar-refractivity contribution in [3.8, 4) is 11.4 Å². The predicted octanol–water partition coefficient (Wildman–Crippen LogP) is 0.732. The Labute approximate surface area is 104 Å². The van der Waals surface area contributed by atoms with Crippen LogP contribution in [-0.4, -0.2) is 23.5 Å². The van der Waals surface area contributed by atoms with E-state index in [1.165, 1.54) is 18.3 Å². The van der Waals surface area contributed by atoms with Gasteiger partial charge in [-0.25, -0.2) is 18.5 Å². The number of nitrogens with two attached hydrogens (primary N) is 1. The molecular weight excluding hydrogens is 256 g/mol. The second-order valence-electron chi connectivity index (χ2n) is 3.69. The maximum absolute atomic E-state index is 11.0. The molecule has 2 heterocycles. The van der Waals surface area contributed by atoms with E-state index in [0.29, 0.717) is 23.7 Å². The summed E-state index contributed by atoms with van der Waals surface area (Å²) in [5.41, 5.74) is 0.577. The average Bonchev–Trinajstić information content (AvgIpc) is 2.77. The van der Waals surface area contributed by atoms with E-state index in [2.05, 4.69) is 15.1 Å². The molecule has 0 fully saturated rings. The molecule has 8 heteroatoms. The minimum absolute atomic E-state index is 0.191. The van der Waals surface area contributed by atoms with Crippen molar-refractivity contribution in [1.29, 1.82) is 0 Å². The van der Waals surface area contributed by atoms with Gasteiger partial charge < -0.3 is 4.52 Å². The van der Waals surface area contributed by atoms with E-state index in [-0.39, 0.29) is 5.03 Å². The molecule has 0 aliphatic carbocycles. The summed E-state index contributed by atoms with van der Waals surface area (Å²) < 4.78 is 27.1. The molecule has 0 atom stereocenters. The number of hydrogen-bond acceptors (Lipinski definition) is 6. The summed E-state index contributed by atoms with van der Waals surface area (Å²) in [5.74, 6) is 0.926. The standard InChI is InChI=1S/C10H12N4O3S/c1-2-3-8-13-10(14-17-8)7-4-5-9(12-6-7)18(11,15)16/h4-6H,2-3H2,1H3,(H2,11,15,16). The molecule has 2 rings (SSSR count). The summed E-state index contributed by atoms with van der Waals surface area (Å²) in [6.07, 6.45) is 2.96. The van der Waals surface area contributed by atoms with Crippen molar-refractivity contribution >= 4 is 10.0 Å². The van der Waals surface area contributed by atoms with Crippen LogP contribution in [0.3, 0.4) is 0 Å². The normalized spacial score (nSPS) is 11.7. The molecule has 2 aromatic rings. The Kier molecular flexibility index (Phi) is 3.39. The number of aromatic nitrogens is 3. The highest BCUT2D eigenvalue weighted by Crippen LogP contribution is 2.16. The SMILES string of the molecule is CCCc1nc(-c2ccc(S(N)(=O)=O)nc2)no1. The van der Waals surface area contributed by atoms with Crippen LogP contribution < -0.4 is 5.14 Å². The number of sulfonamides is 1. The molecule has 2 N–H and O–H groups in total. The Balaban J connectivity index is 2.28. The summed E-state index contributed by atoms with van der Waals surface area (Å²) in [4.78, 5) is 7.91. The van der Waals surface area contributed by atoms with Gasteiger partial charge in [0, 0.05) is 18.2 Å². The molecule has 0 radical (unpaired) electrons. The zero-order valence-corrected chi connectivity index (χ0v) is 10.5. The average molecular weight is 268 g/mol. The van der Waals surface area contributed by atoms with Crippen LogP contribution in [0.25, 0.3) is 11.4 Å². The smallest absolute Gasteiger partial charge is 0.255 e. The topological polar surface area (TPSA) is 112 Å². The van der Waals surface area contributed by atoms with E-state index in [1.54, 1.807) is 0 Å². The largest absolute Gasteiger partial charge is 0.339 e. The number of primary sulfonamides is 1. The van der Waals surface area contributed by atoms with Crippen LogP contribution in [0.1, 0.15) is 19.2 Å². The lowest BCUT2D eigenvalue weighted by atomic mass is 10.3. The second kappa shape index (κ2) is 4.83. The Morgan fingerprint density at radius 2 is 2.17 bits per heavy atom. The quantitative estimate of drug-likeness (QED) is 0.874. The van der Waals surface area contributed by atoms with Crippen LogP contribution in [0.15, 0.2) is 27.9 Å². The van der Waals surface area contributed by atoms with Crippen molar-refractivity contribution < 1.29 is 12.9 Å². The second-order valence-corrected chi connectivity index (χ2v) is 5.20. The van der Waals surface area contributed by atoms with Crippen molar-refractivity contribution in [2.24, 2.45) is 5.14 Å². The highest BCUT2D eigenvalue weighted by Gasteiger charge is 2.12. The molecule has 0 bridgehead atoms. The first-order valence-corrected chi connectivity index (χ1v) is 6.87. The van der Waals surface area contributed by atoms with Crippen LogP contribution >= 0.6 is 0 Å². The molecule has 0 amide bonds. The van der Waals surface area contributed by atoms with E-state index in [1.807, 2.05) is 6.92 Å². The maximum Gasteiger partial charge on any atom is 0.255 e. The fourth-order valence-electron chi connectivity index (χ4n) is 1.37. The van der Waals surface area contributed by atoms with Gasteiger partial charge in [0.15, 0.2) is 5.03 Å². The molecule has 0 aromatic carbocycles. The third-order valence-electron chi connectivity index (χ3n) is 2.22. The van der Waals surface area contributed by atoms with E-state index >= 15 is 0 Å². The molecule has 7 nitrogen and oxygen atoms in total. The van der Waals surface area contributed by atoms with Gasteiger partial charge in [0.2, 0.25) is 11.7 Å². The first-order valence-electron chi connectivity index (χ1n) is 5.32. The van der Waals surface area contributed by atoms with Gasteiger partial charge >= 0.3 is 0 Å². The maximum atomic E-state index is 11.0. The van der Waals surface area contributed by atoms with E-state index in [4.69, 9.17) is 9.66 Å². The summed E-state index contributed by atoms with van der Waals surface area (Å²) in [6, 6.07) is 2.84. The Bertz CT molecular complexity index is 633. The fraction of sp³-hybridized carbons (Fsp3) is 0.300. The summed E-state index contributed by atoms with van der Waals surface area (Å²) in [6.45, 7) is 2.01. The van der Waals surface area contributed by atoms with Crippen molar-refractivity contribution in [3.05, 3.63) is 24.2 Å². The third-order valence-corrected chi connectivity index (χ3v) is 3.04. The highest BCUT2D eigenvalue weighted by atomic mass is 32.2. The van der Waals surface area contributed by atoms with Crippen molar-refractivity contribution in [3.63, 3.8) is 0 Å². The van der Waals surface area contributed by atoms with Gasteiger partial charge in [-0.1, -0.05) is 12.1 Å². The molecular formula is C10H12N4O3S. The lowest BCUT2D eigenvalue weighted by Crippen LogP contribution is -2.13. The van der Waals surface area contributed by atoms with E-state index in [9.17, 15) is 8.42 Å². The minimum Gasteiger partial charge on any atom is -0.339 e. The van der Waals surface area contributed by atoms with Gasteiger partial charge in [-0.15, -0.1) is 0 Å². The number of rotatable bonds is 4. The minimum atomic E-state index is -3.78. The van der Waals surface area contributed by atoms with Crippen molar-refractivity contribution in [1.82, 2.24) is 15.1 Å². The third kappa shape index (κ3) is 2.71. The van der Waals surface area contributed by atoms with Crippen molar-refractivity contribution in [2.75, 3.05) is 0 Å². The molecule has 0 aliphatic heterocycles. The molecule has 0 saturated heterocycles. The number of pyridine rings is 1. The van der Waals surface area contributed by atoms with Gasteiger partial charge in [0.25, 0.3) is 10.0 Å². The number of hydrogen-bond donors (Lipinski definition) is 1. The molecule has 96 valence electrons. The van der Waals surface area contributed by atoms with Crippen LogP contribution in [0.5, 0.6) is 0 Å². The van der Waals surface area contributed by atoms with E-state index in [0.717, 1.165) is 6.42 Å². The predicted molar refractivity (Wildman–Crippen MR) is 62.9 cm³/mol. The molecule has 0 aliphatic rings. The lowest BCUT2D eigenvalue weighted by Gasteiger charge is -1.97. The zero-order chi connectivity index (χ0) is 13.2. The van der Waals surface area contributed by atoms with Gasteiger partial charge in [0.05, 0.1) is 0 Å². The summed E-state index contributed by atoms with van der Waals surface area (Å²) >= 11 is 0. The van der Waals surface area contributed by atoms with Crippen LogP contribution in [-0.2, 0) is 16.4 Å². The monoisotopic (exact) mass is 268 g/mol. The molecule has 18 heavy (non-hydrogen) atoms. The van der Waals surface area contributed by atoms with Gasteiger partial charge in [0.1, 0.15) is 0 Å². The van der Waals surface area contributed by atoms with Gasteiger partial charge in [-0.3, -0.25) is 0 Å². The van der Waals surface area contributed by atoms with Crippen LogP contribution in [0, 0.1) is 0 Å². The van der Waals surface area contributed by atoms with Gasteiger partial charge in [-0.2, -0.15) is 4.98 Å². The summed E-state index contributed by atoms with van der Waals surface area (Å²) in [5, 5.41) is 8.55.